The fourth-order valence-corrected chi connectivity index (χ4v) is 2.24. The first-order valence-corrected chi connectivity index (χ1v) is 6.56. The van der Waals surface area contributed by atoms with Gasteiger partial charge in [-0.25, -0.2) is 0 Å². The second-order valence-electron chi connectivity index (χ2n) is 4.75. The van der Waals surface area contributed by atoms with E-state index >= 15 is 0 Å². The summed E-state index contributed by atoms with van der Waals surface area (Å²) in [4.78, 5) is 11.4. The van der Waals surface area contributed by atoms with Crippen molar-refractivity contribution < 1.29 is 4.79 Å². The van der Waals surface area contributed by atoms with Crippen LogP contribution in [0, 0.1) is 5.92 Å². The number of rotatable bonds is 4. The first-order valence-electron chi connectivity index (χ1n) is 6.56. The predicted octanol–water partition coefficient (Wildman–Crippen LogP) is 1.46. The Bertz CT molecular complexity index is 383. The second-order valence-corrected chi connectivity index (χ2v) is 4.75. The molecule has 1 aromatic rings. The number of hydrogen-bond donors (Lipinski definition) is 3. The van der Waals surface area contributed by atoms with Gasteiger partial charge in [-0.15, -0.1) is 0 Å². The highest BCUT2D eigenvalue weighted by Gasteiger charge is 2.12. The van der Waals surface area contributed by atoms with Crippen LogP contribution in [0.15, 0.2) is 24.3 Å². The van der Waals surface area contributed by atoms with Crippen LogP contribution >= 0.6 is 0 Å². The van der Waals surface area contributed by atoms with E-state index in [1.54, 1.807) is 7.05 Å². The molecule has 0 spiro atoms. The van der Waals surface area contributed by atoms with Crippen molar-refractivity contribution in [2.24, 2.45) is 5.92 Å². The third-order valence-corrected chi connectivity index (χ3v) is 3.37. The van der Waals surface area contributed by atoms with E-state index in [-0.39, 0.29) is 5.91 Å². The molecular weight excluding hydrogens is 226 g/mol. The van der Waals surface area contributed by atoms with Crippen LogP contribution in [0.5, 0.6) is 0 Å². The zero-order valence-corrected chi connectivity index (χ0v) is 10.8. The van der Waals surface area contributed by atoms with Crippen LogP contribution in [-0.4, -0.2) is 32.6 Å². The second kappa shape index (κ2) is 6.40. The molecule has 0 aromatic heterocycles. The maximum atomic E-state index is 11.4. The number of piperidine rings is 1. The highest BCUT2D eigenvalue weighted by Crippen LogP contribution is 2.13. The molecule has 0 radical (unpaired) electrons. The van der Waals surface area contributed by atoms with E-state index in [0.717, 1.165) is 25.3 Å². The smallest absolute Gasteiger partial charge is 0.251 e. The fourth-order valence-electron chi connectivity index (χ4n) is 2.24. The summed E-state index contributed by atoms with van der Waals surface area (Å²) in [5.74, 6) is 0.662. The van der Waals surface area contributed by atoms with Crippen LogP contribution in [0.1, 0.15) is 23.2 Å². The monoisotopic (exact) mass is 247 g/mol. The van der Waals surface area contributed by atoms with Gasteiger partial charge in [-0.05, 0) is 56.1 Å². The van der Waals surface area contributed by atoms with Crippen LogP contribution in [0.4, 0.5) is 5.69 Å². The Labute approximate surface area is 108 Å². The van der Waals surface area contributed by atoms with Crippen molar-refractivity contribution in [3.05, 3.63) is 29.8 Å². The molecular formula is C14H21N3O. The van der Waals surface area contributed by atoms with E-state index in [9.17, 15) is 4.79 Å². The highest BCUT2D eigenvalue weighted by molar-refractivity contribution is 5.94. The standard InChI is InChI=1S/C14H21N3O/c1-15-14(18)12-4-6-13(7-5-12)17-10-11-3-2-8-16-9-11/h4-7,11,16-17H,2-3,8-10H2,1H3,(H,15,18). The van der Waals surface area contributed by atoms with Gasteiger partial charge in [0.1, 0.15) is 0 Å². The number of benzene rings is 1. The molecule has 18 heavy (non-hydrogen) atoms. The fraction of sp³-hybridized carbons (Fsp3) is 0.500. The summed E-state index contributed by atoms with van der Waals surface area (Å²) in [6, 6.07) is 7.61. The Hall–Kier alpha value is -1.55. The Morgan fingerprint density at radius 2 is 2.17 bits per heavy atom. The first-order chi connectivity index (χ1) is 8.79. The van der Waals surface area contributed by atoms with Gasteiger partial charge < -0.3 is 16.0 Å². The number of hydrogen-bond acceptors (Lipinski definition) is 3. The van der Waals surface area contributed by atoms with Crippen molar-refractivity contribution in [1.82, 2.24) is 10.6 Å². The van der Waals surface area contributed by atoms with Gasteiger partial charge in [0, 0.05) is 24.8 Å². The molecule has 1 heterocycles. The van der Waals surface area contributed by atoms with Crippen LogP contribution in [0.2, 0.25) is 0 Å². The van der Waals surface area contributed by atoms with Crippen molar-refractivity contribution in [3.8, 4) is 0 Å². The predicted molar refractivity (Wildman–Crippen MR) is 73.9 cm³/mol. The lowest BCUT2D eigenvalue weighted by Gasteiger charge is -2.23. The lowest BCUT2D eigenvalue weighted by molar-refractivity contribution is 0.0963. The molecule has 1 aliphatic rings. The maximum absolute atomic E-state index is 11.4. The van der Waals surface area contributed by atoms with Crippen LogP contribution in [0.3, 0.4) is 0 Å². The van der Waals surface area contributed by atoms with Gasteiger partial charge in [-0.3, -0.25) is 4.79 Å². The molecule has 1 saturated heterocycles. The largest absolute Gasteiger partial charge is 0.385 e. The molecule has 4 nitrogen and oxygen atoms in total. The van der Waals surface area contributed by atoms with Crippen molar-refractivity contribution in [2.75, 3.05) is 32.0 Å². The summed E-state index contributed by atoms with van der Waals surface area (Å²) in [7, 11) is 1.64. The number of carbonyl (C=O) groups is 1. The van der Waals surface area contributed by atoms with E-state index in [0.29, 0.717) is 11.5 Å². The molecule has 0 saturated carbocycles. The summed E-state index contributed by atoms with van der Waals surface area (Å²) in [6.45, 7) is 3.24. The van der Waals surface area contributed by atoms with Crippen molar-refractivity contribution in [1.29, 1.82) is 0 Å². The van der Waals surface area contributed by atoms with Gasteiger partial charge in [0.2, 0.25) is 0 Å². The minimum absolute atomic E-state index is 0.0435. The van der Waals surface area contributed by atoms with Crippen LogP contribution in [-0.2, 0) is 0 Å². The van der Waals surface area contributed by atoms with Gasteiger partial charge in [-0.2, -0.15) is 0 Å². The summed E-state index contributed by atoms with van der Waals surface area (Å²) in [5.41, 5.74) is 1.77. The van der Waals surface area contributed by atoms with E-state index in [1.165, 1.54) is 12.8 Å². The van der Waals surface area contributed by atoms with Gasteiger partial charge in [-0.1, -0.05) is 0 Å². The third kappa shape index (κ3) is 3.47. The van der Waals surface area contributed by atoms with E-state index in [2.05, 4.69) is 16.0 Å². The molecule has 1 amide bonds. The number of amides is 1. The molecule has 1 aromatic carbocycles. The molecule has 98 valence electrons. The van der Waals surface area contributed by atoms with E-state index in [1.807, 2.05) is 24.3 Å². The van der Waals surface area contributed by atoms with Crippen molar-refractivity contribution in [2.45, 2.75) is 12.8 Å². The Kier molecular flexibility index (Phi) is 4.59. The molecule has 1 fully saturated rings. The van der Waals surface area contributed by atoms with Gasteiger partial charge in [0.25, 0.3) is 5.91 Å². The van der Waals surface area contributed by atoms with Gasteiger partial charge in [0.15, 0.2) is 0 Å². The topological polar surface area (TPSA) is 53.2 Å². The SMILES string of the molecule is CNC(=O)c1ccc(NCC2CCCNC2)cc1. The number of anilines is 1. The van der Waals surface area contributed by atoms with Crippen LogP contribution in [0.25, 0.3) is 0 Å². The number of nitrogens with one attached hydrogen (secondary N) is 3. The summed E-state index contributed by atoms with van der Waals surface area (Å²) in [6.07, 6.45) is 2.55. The normalized spacial score (nSPS) is 19.3. The lowest BCUT2D eigenvalue weighted by atomic mass is 10.00. The average Bonchev–Trinajstić information content (AvgIpc) is 2.46. The molecule has 2 rings (SSSR count). The van der Waals surface area contributed by atoms with E-state index in [4.69, 9.17) is 0 Å². The number of carbonyl (C=O) groups excluding carboxylic acids is 1. The van der Waals surface area contributed by atoms with Crippen molar-refractivity contribution >= 4 is 11.6 Å². The minimum atomic E-state index is -0.0435. The Balaban J connectivity index is 1.84. The van der Waals surface area contributed by atoms with E-state index < -0.39 is 0 Å². The molecule has 0 aliphatic carbocycles. The molecule has 1 aliphatic heterocycles. The summed E-state index contributed by atoms with van der Waals surface area (Å²) in [5, 5.41) is 9.45. The average molecular weight is 247 g/mol. The molecule has 1 unspecified atom stereocenters. The van der Waals surface area contributed by atoms with Crippen molar-refractivity contribution in [3.63, 3.8) is 0 Å². The van der Waals surface area contributed by atoms with Gasteiger partial charge >= 0.3 is 0 Å². The first kappa shape index (κ1) is 12.9. The zero-order chi connectivity index (χ0) is 12.8. The summed E-state index contributed by atoms with van der Waals surface area (Å²) >= 11 is 0. The third-order valence-electron chi connectivity index (χ3n) is 3.37. The van der Waals surface area contributed by atoms with Gasteiger partial charge in [0.05, 0.1) is 0 Å². The quantitative estimate of drug-likeness (QED) is 0.755. The highest BCUT2D eigenvalue weighted by atomic mass is 16.1. The Morgan fingerprint density at radius 3 is 2.78 bits per heavy atom. The molecule has 4 heteroatoms. The van der Waals surface area contributed by atoms with Crippen LogP contribution < -0.4 is 16.0 Å². The molecule has 0 bridgehead atoms. The Morgan fingerprint density at radius 1 is 1.39 bits per heavy atom. The zero-order valence-electron chi connectivity index (χ0n) is 10.8. The molecule has 1 atom stereocenters. The maximum Gasteiger partial charge on any atom is 0.251 e. The minimum Gasteiger partial charge on any atom is -0.385 e. The lowest BCUT2D eigenvalue weighted by Crippen LogP contribution is -2.33. The molecule has 3 N–H and O–H groups in total. The summed E-state index contributed by atoms with van der Waals surface area (Å²) < 4.78 is 0.